The fourth-order valence-electron chi connectivity index (χ4n) is 1.00. The van der Waals surface area contributed by atoms with E-state index in [9.17, 15) is 10.2 Å². The number of rotatable bonds is 0. The van der Waals surface area contributed by atoms with Crippen molar-refractivity contribution >= 4 is 23.4 Å². The van der Waals surface area contributed by atoms with Gasteiger partial charge in [0.15, 0.2) is 0 Å². The van der Waals surface area contributed by atoms with E-state index in [-0.39, 0.29) is 23.9 Å². The summed E-state index contributed by atoms with van der Waals surface area (Å²) in [7, 11) is 0. The van der Waals surface area contributed by atoms with E-state index >= 15 is 0 Å². The first-order valence-corrected chi connectivity index (χ1v) is 3.13. The van der Waals surface area contributed by atoms with Crippen LogP contribution in [0.25, 0.3) is 11.0 Å². The van der Waals surface area contributed by atoms with Crippen LogP contribution in [0.4, 0.5) is 0 Å². The van der Waals surface area contributed by atoms with Crippen molar-refractivity contribution in [2.75, 3.05) is 0 Å². The van der Waals surface area contributed by atoms with Gasteiger partial charge < -0.3 is 15.2 Å². The zero-order chi connectivity index (χ0) is 7.84. The monoisotopic (exact) mass is 186 g/mol. The molecule has 64 valence electrons. The summed E-state index contributed by atoms with van der Waals surface area (Å²) in [5.74, 6) is 0.161. The van der Waals surface area contributed by atoms with Gasteiger partial charge >= 0.3 is 0 Å². The van der Waals surface area contributed by atoms with Crippen LogP contribution in [0.15, 0.2) is 18.5 Å². The van der Waals surface area contributed by atoms with Crippen molar-refractivity contribution in [1.82, 2.24) is 9.97 Å². The van der Waals surface area contributed by atoms with Crippen LogP contribution in [-0.2, 0) is 0 Å². The number of phenols is 2. The molecular weight excluding hydrogens is 180 g/mol. The van der Waals surface area contributed by atoms with E-state index in [1.165, 1.54) is 18.5 Å². The number of nitrogens with zero attached hydrogens (tertiary/aromatic N) is 1. The number of hydrogen-bond acceptors (Lipinski definition) is 3. The molecule has 1 aromatic heterocycles. The maximum Gasteiger partial charge on any atom is 0.143 e. The van der Waals surface area contributed by atoms with E-state index in [1.54, 1.807) is 0 Å². The zero-order valence-corrected chi connectivity index (χ0v) is 6.80. The van der Waals surface area contributed by atoms with Crippen molar-refractivity contribution < 1.29 is 10.2 Å². The van der Waals surface area contributed by atoms with Crippen LogP contribution in [0, 0.1) is 0 Å². The number of nitrogens with one attached hydrogen (secondary N) is 1. The Morgan fingerprint density at radius 1 is 1.17 bits per heavy atom. The first kappa shape index (κ1) is 8.67. The predicted octanol–water partition coefficient (Wildman–Crippen LogP) is 1.40. The molecule has 0 spiro atoms. The lowest BCUT2D eigenvalue weighted by Gasteiger charge is -1.94. The average Bonchev–Trinajstić information content (AvgIpc) is 2.45. The van der Waals surface area contributed by atoms with Crippen LogP contribution in [0.3, 0.4) is 0 Å². The van der Waals surface area contributed by atoms with Crippen LogP contribution in [-0.4, -0.2) is 20.2 Å². The molecule has 1 aromatic carbocycles. The molecule has 0 saturated heterocycles. The zero-order valence-electron chi connectivity index (χ0n) is 5.98. The highest BCUT2D eigenvalue weighted by molar-refractivity contribution is 5.86. The van der Waals surface area contributed by atoms with E-state index in [0.29, 0.717) is 11.0 Å². The maximum atomic E-state index is 9.20. The number of fused-ring (bicyclic) bond motifs is 1. The highest BCUT2D eigenvalue weighted by Gasteiger charge is 2.04. The summed E-state index contributed by atoms with van der Waals surface area (Å²) in [6, 6.07) is 2.81. The molecule has 0 unspecified atom stereocenters. The van der Waals surface area contributed by atoms with E-state index in [2.05, 4.69) is 9.97 Å². The molecule has 0 amide bonds. The highest BCUT2D eigenvalue weighted by Crippen LogP contribution is 2.27. The molecule has 2 rings (SSSR count). The molecule has 0 aliphatic rings. The van der Waals surface area contributed by atoms with Crippen molar-refractivity contribution in [3.63, 3.8) is 0 Å². The van der Waals surface area contributed by atoms with Gasteiger partial charge in [0.05, 0.1) is 6.33 Å². The molecule has 0 atom stereocenters. The normalized spacial score (nSPS) is 9.67. The van der Waals surface area contributed by atoms with E-state index in [4.69, 9.17) is 0 Å². The summed E-state index contributed by atoms with van der Waals surface area (Å²) in [5, 5.41) is 18.4. The molecule has 0 saturated carbocycles. The van der Waals surface area contributed by atoms with Gasteiger partial charge in [-0.05, 0) is 12.1 Å². The minimum absolute atomic E-state index is 0. The van der Waals surface area contributed by atoms with Gasteiger partial charge in [-0.3, -0.25) is 0 Å². The second-order valence-electron chi connectivity index (χ2n) is 2.23. The number of imidazole rings is 1. The average molecular weight is 187 g/mol. The SMILES string of the molecule is Cl.Oc1ccc(O)c2[nH]cnc12. The van der Waals surface area contributed by atoms with Crippen molar-refractivity contribution in [3.8, 4) is 11.5 Å². The summed E-state index contributed by atoms with van der Waals surface area (Å²) >= 11 is 0. The summed E-state index contributed by atoms with van der Waals surface area (Å²) in [4.78, 5) is 6.52. The van der Waals surface area contributed by atoms with Crippen molar-refractivity contribution in [2.45, 2.75) is 0 Å². The minimum atomic E-state index is 0. The molecule has 12 heavy (non-hydrogen) atoms. The molecule has 0 aliphatic heterocycles. The molecule has 5 heteroatoms. The number of phenolic OH excluding ortho intramolecular Hbond substituents is 2. The van der Waals surface area contributed by atoms with Gasteiger partial charge in [0.1, 0.15) is 22.5 Å². The topological polar surface area (TPSA) is 69.1 Å². The van der Waals surface area contributed by atoms with Crippen molar-refractivity contribution in [3.05, 3.63) is 18.5 Å². The Morgan fingerprint density at radius 3 is 2.50 bits per heavy atom. The van der Waals surface area contributed by atoms with Gasteiger partial charge in [-0.25, -0.2) is 4.98 Å². The fourth-order valence-corrected chi connectivity index (χ4v) is 1.00. The lowest BCUT2D eigenvalue weighted by molar-refractivity contribution is 0.468. The largest absolute Gasteiger partial charge is 0.506 e. The van der Waals surface area contributed by atoms with Gasteiger partial charge in [0.25, 0.3) is 0 Å². The maximum absolute atomic E-state index is 9.20. The van der Waals surface area contributed by atoms with E-state index < -0.39 is 0 Å². The molecule has 2 aromatic rings. The second kappa shape index (κ2) is 2.91. The summed E-state index contributed by atoms with van der Waals surface area (Å²) < 4.78 is 0. The van der Waals surface area contributed by atoms with Crippen LogP contribution in [0.1, 0.15) is 0 Å². The minimum Gasteiger partial charge on any atom is -0.506 e. The number of halogens is 1. The smallest absolute Gasteiger partial charge is 0.143 e. The summed E-state index contributed by atoms with van der Waals surface area (Å²) in [5.41, 5.74) is 0.856. The lowest BCUT2D eigenvalue weighted by atomic mass is 10.3. The number of benzene rings is 1. The molecule has 0 aliphatic carbocycles. The molecule has 0 bridgehead atoms. The number of hydrogen-bond donors (Lipinski definition) is 3. The van der Waals surface area contributed by atoms with Crippen LogP contribution >= 0.6 is 12.4 Å². The predicted molar refractivity (Wildman–Crippen MR) is 46.7 cm³/mol. The summed E-state index contributed by atoms with van der Waals surface area (Å²) in [6.07, 6.45) is 1.42. The molecular formula is C7H7ClN2O2. The fraction of sp³-hybridized carbons (Fsp3) is 0. The Balaban J connectivity index is 0.000000720. The number of aromatic nitrogens is 2. The number of aromatic hydroxyl groups is 2. The van der Waals surface area contributed by atoms with Gasteiger partial charge in [-0.2, -0.15) is 0 Å². The first-order valence-electron chi connectivity index (χ1n) is 3.13. The Kier molecular flexibility index (Phi) is 2.10. The van der Waals surface area contributed by atoms with Gasteiger partial charge in [-0.15, -0.1) is 12.4 Å². The van der Waals surface area contributed by atoms with E-state index in [1.807, 2.05) is 0 Å². The van der Waals surface area contributed by atoms with Crippen LogP contribution in [0.2, 0.25) is 0 Å². The molecule has 4 nitrogen and oxygen atoms in total. The Hall–Kier alpha value is -1.42. The quantitative estimate of drug-likeness (QED) is 0.545. The highest BCUT2D eigenvalue weighted by atomic mass is 35.5. The molecule has 1 heterocycles. The Bertz CT molecular complexity index is 363. The van der Waals surface area contributed by atoms with Gasteiger partial charge in [0, 0.05) is 0 Å². The third-order valence-electron chi connectivity index (χ3n) is 1.54. The standard InChI is InChI=1S/C7H6N2O2.ClH/c10-4-1-2-5(11)7-6(4)8-3-9-7;/h1-3,10-11H,(H,8,9);1H. The van der Waals surface area contributed by atoms with Crippen molar-refractivity contribution in [1.29, 1.82) is 0 Å². The van der Waals surface area contributed by atoms with Crippen molar-refractivity contribution in [2.24, 2.45) is 0 Å². The van der Waals surface area contributed by atoms with Crippen LogP contribution in [0.5, 0.6) is 11.5 Å². The first-order chi connectivity index (χ1) is 5.29. The Labute approximate surface area is 74.3 Å². The van der Waals surface area contributed by atoms with Gasteiger partial charge in [-0.1, -0.05) is 0 Å². The van der Waals surface area contributed by atoms with Gasteiger partial charge in [0.2, 0.25) is 0 Å². The second-order valence-corrected chi connectivity index (χ2v) is 2.23. The summed E-state index contributed by atoms with van der Waals surface area (Å²) in [6.45, 7) is 0. The van der Waals surface area contributed by atoms with Crippen LogP contribution < -0.4 is 0 Å². The third kappa shape index (κ3) is 1.06. The Morgan fingerprint density at radius 2 is 1.83 bits per heavy atom. The number of aromatic amines is 1. The van der Waals surface area contributed by atoms with E-state index in [0.717, 1.165) is 0 Å². The molecule has 0 radical (unpaired) electrons. The lowest BCUT2D eigenvalue weighted by Crippen LogP contribution is -1.72. The third-order valence-corrected chi connectivity index (χ3v) is 1.54. The molecule has 0 fully saturated rings. The number of H-pyrrole nitrogens is 1. The molecule has 3 N–H and O–H groups in total.